The molecule has 0 unspecified atom stereocenters. The summed E-state index contributed by atoms with van der Waals surface area (Å²) in [6.45, 7) is 7.71. The smallest absolute Gasteiger partial charge is 0.407 e. The Morgan fingerprint density at radius 1 is 0.962 bits per heavy atom. The fourth-order valence-corrected chi connectivity index (χ4v) is 7.23. The van der Waals surface area contributed by atoms with Crippen molar-refractivity contribution in [1.29, 1.82) is 0 Å². The minimum absolute atomic E-state index is 0.0362. The van der Waals surface area contributed by atoms with Crippen molar-refractivity contribution >= 4 is 34.0 Å². The van der Waals surface area contributed by atoms with E-state index in [1.165, 1.54) is 36.4 Å². The lowest BCUT2D eigenvalue weighted by Gasteiger charge is -2.35. The summed E-state index contributed by atoms with van der Waals surface area (Å²) in [5.41, 5.74) is 0.501. The van der Waals surface area contributed by atoms with Gasteiger partial charge in [0.05, 0.1) is 35.8 Å². The van der Waals surface area contributed by atoms with Crippen LogP contribution in [0.15, 0.2) is 82.9 Å². The minimum atomic E-state index is -4.14. The molecule has 0 aromatic heterocycles. The first-order chi connectivity index (χ1) is 24.5. The summed E-state index contributed by atoms with van der Waals surface area (Å²) in [5, 5.41) is 30.0. The number of aldehydes is 1. The van der Waals surface area contributed by atoms with Gasteiger partial charge in [0.25, 0.3) is 0 Å². The molecule has 13 nitrogen and oxygen atoms in total. The Morgan fingerprint density at radius 3 is 2.17 bits per heavy atom. The van der Waals surface area contributed by atoms with Gasteiger partial charge in [0.1, 0.15) is 24.7 Å². The number of hydrogen-bond donors (Lipinski definition) is 4. The number of nitrogens with zero attached hydrogens (tertiary/aromatic N) is 3. The minimum Gasteiger partial charge on any atom is -0.465 e. The maximum absolute atomic E-state index is 15.4. The normalized spacial score (nSPS) is 13.6. The molecular formula is C37H48FN5O8S. The standard InChI is InChI=1S/C37H48FN5O8S/c1-25(2)22-43(52(50,51)29-16-14-27(15-17-29)21-39-49)24-32(45)31(20-26-10-7-6-8-11-26)40-35(46)34(37(3,4)5)41-33-28(12-9-13-30(33)38)23-42(18-19-44)36(47)48/h6-17,19,25,31-32,34,41,45H,18,20-24H2,1-5H3,(H,40,46)(H,47,48)/t31-,32+,34-/m0/s1. The van der Waals surface area contributed by atoms with Gasteiger partial charge in [0.15, 0.2) is 0 Å². The highest BCUT2D eigenvalue weighted by Crippen LogP contribution is 2.29. The Kier molecular flexibility index (Phi) is 15.0. The first kappa shape index (κ1) is 41.7. The molecule has 0 aliphatic carbocycles. The number of amides is 2. The number of carbonyl (C=O) groups is 3. The fraction of sp³-hybridized carbons (Fsp3) is 0.432. The first-order valence-corrected chi connectivity index (χ1v) is 18.3. The van der Waals surface area contributed by atoms with Crippen molar-refractivity contribution in [2.24, 2.45) is 16.5 Å². The Balaban J connectivity index is 1.98. The second-order valence-electron chi connectivity index (χ2n) is 14.1. The molecule has 0 radical (unpaired) electrons. The molecule has 0 aliphatic heterocycles. The van der Waals surface area contributed by atoms with E-state index in [4.69, 9.17) is 0 Å². The molecule has 0 spiro atoms. The SMILES string of the molecule is CC(C)CN(C[C@@H](O)[C@H](Cc1ccccc1)NC(=O)[C@H](Nc1c(F)cccc1CN(CC=O)C(=O)O)C(C)(C)C)S(=O)(=O)c1ccc(CN=O)cc1. The van der Waals surface area contributed by atoms with Gasteiger partial charge >= 0.3 is 6.09 Å². The van der Waals surface area contributed by atoms with Gasteiger partial charge < -0.3 is 25.6 Å². The Labute approximate surface area is 304 Å². The average Bonchev–Trinajstić information content (AvgIpc) is 3.07. The fourth-order valence-electron chi connectivity index (χ4n) is 5.61. The van der Waals surface area contributed by atoms with Crippen LogP contribution in [-0.2, 0) is 39.1 Å². The number of rotatable bonds is 19. The second kappa shape index (κ2) is 18.7. The first-order valence-electron chi connectivity index (χ1n) is 16.8. The average molecular weight is 742 g/mol. The van der Waals surface area contributed by atoms with Crippen LogP contribution in [0.5, 0.6) is 0 Å². The van der Waals surface area contributed by atoms with Crippen LogP contribution in [0.4, 0.5) is 14.9 Å². The quantitative estimate of drug-likeness (QED) is 0.0966. The summed E-state index contributed by atoms with van der Waals surface area (Å²) in [5.74, 6) is -1.50. The van der Waals surface area contributed by atoms with Crippen LogP contribution >= 0.6 is 0 Å². The number of carboxylic acid groups (broad SMARTS) is 1. The largest absolute Gasteiger partial charge is 0.465 e. The molecule has 2 amide bonds. The van der Waals surface area contributed by atoms with Crippen molar-refractivity contribution in [2.45, 2.75) is 77.2 Å². The van der Waals surface area contributed by atoms with Crippen LogP contribution in [-0.4, -0.2) is 83.9 Å². The number of anilines is 1. The second-order valence-corrected chi connectivity index (χ2v) is 16.0. The van der Waals surface area contributed by atoms with Gasteiger partial charge in [0, 0.05) is 13.1 Å². The Morgan fingerprint density at radius 2 is 1.62 bits per heavy atom. The van der Waals surface area contributed by atoms with Crippen LogP contribution in [0.3, 0.4) is 0 Å². The zero-order valence-electron chi connectivity index (χ0n) is 30.0. The van der Waals surface area contributed by atoms with Crippen LogP contribution in [0.1, 0.15) is 51.3 Å². The summed E-state index contributed by atoms with van der Waals surface area (Å²) < 4.78 is 44.3. The maximum atomic E-state index is 15.4. The zero-order chi connectivity index (χ0) is 38.6. The van der Waals surface area contributed by atoms with E-state index in [-0.39, 0.29) is 54.7 Å². The number of halogens is 1. The van der Waals surface area contributed by atoms with Gasteiger partial charge in [-0.15, -0.1) is 0 Å². The van der Waals surface area contributed by atoms with Crippen molar-refractivity contribution < 1.29 is 37.4 Å². The third-order valence-corrected chi connectivity index (χ3v) is 10.1. The predicted molar refractivity (Wildman–Crippen MR) is 195 cm³/mol. The molecule has 282 valence electrons. The lowest BCUT2D eigenvalue weighted by molar-refractivity contribution is -0.125. The third-order valence-electron chi connectivity index (χ3n) is 8.30. The zero-order valence-corrected chi connectivity index (χ0v) is 30.8. The number of benzene rings is 3. The molecule has 0 saturated heterocycles. The molecular weight excluding hydrogens is 693 g/mol. The summed E-state index contributed by atoms with van der Waals surface area (Å²) in [6, 6.07) is 16.7. The number of carbonyl (C=O) groups excluding carboxylic acids is 2. The van der Waals surface area contributed by atoms with Gasteiger partial charge in [0.2, 0.25) is 15.9 Å². The lowest BCUT2D eigenvalue weighted by Crippen LogP contribution is -2.56. The van der Waals surface area contributed by atoms with Crippen molar-refractivity contribution in [2.75, 3.05) is 25.0 Å². The van der Waals surface area contributed by atoms with E-state index in [9.17, 15) is 37.9 Å². The van der Waals surface area contributed by atoms with Gasteiger partial charge in [-0.05, 0) is 52.6 Å². The highest BCUT2D eigenvalue weighted by Gasteiger charge is 2.37. The third kappa shape index (κ3) is 11.6. The highest BCUT2D eigenvalue weighted by molar-refractivity contribution is 7.89. The van der Waals surface area contributed by atoms with E-state index in [0.29, 0.717) is 11.8 Å². The number of para-hydroxylation sites is 1. The Bertz CT molecular complexity index is 1770. The number of aliphatic hydroxyl groups excluding tert-OH is 1. The molecule has 3 aromatic rings. The molecule has 52 heavy (non-hydrogen) atoms. The van der Waals surface area contributed by atoms with Crippen LogP contribution in [0.25, 0.3) is 0 Å². The number of hydrogen-bond acceptors (Lipinski definition) is 9. The van der Waals surface area contributed by atoms with Crippen LogP contribution in [0.2, 0.25) is 0 Å². The molecule has 3 atom stereocenters. The molecule has 3 rings (SSSR count). The molecule has 0 saturated carbocycles. The van der Waals surface area contributed by atoms with E-state index in [0.717, 1.165) is 20.8 Å². The van der Waals surface area contributed by atoms with Gasteiger partial charge in [-0.3, -0.25) is 9.69 Å². The van der Waals surface area contributed by atoms with Crippen molar-refractivity contribution in [3.63, 3.8) is 0 Å². The lowest BCUT2D eigenvalue weighted by atomic mass is 9.85. The van der Waals surface area contributed by atoms with Crippen LogP contribution in [0, 0.1) is 22.1 Å². The molecule has 0 heterocycles. The van der Waals surface area contributed by atoms with Crippen molar-refractivity contribution in [3.8, 4) is 0 Å². The Hall–Kier alpha value is -4.73. The predicted octanol–water partition coefficient (Wildman–Crippen LogP) is 5.03. The summed E-state index contributed by atoms with van der Waals surface area (Å²) in [7, 11) is -4.14. The van der Waals surface area contributed by atoms with Gasteiger partial charge in [-0.2, -0.15) is 9.21 Å². The van der Waals surface area contributed by atoms with Crippen molar-refractivity contribution in [3.05, 3.63) is 100 Å². The van der Waals surface area contributed by atoms with E-state index in [1.807, 2.05) is 32.0 Å². The maximum Gasteiger partial charge on any atom is 0.407 e. The van der Waals surface area contributed by atoms with E-state index in [2.05, 4.69) is 15.8 Å². The highest BCUT2D eigenvalue weighted by atomic mass is 32.2. The number of nitrogens with one attached hydrogen (secondary N) is 2. The molecule has 4 N–H and O–H groups in total. The molecule has 0 aliphatic rings. The molecule has 0 bridgehead atoms. The van der Waals surface area contributed by atoms with E-state index in [1.54, 1.807) is 32.9 Å². The number of sulfonamides is 1. The summed E-state index contributed by atoms with van der Waals surface area (Å²) in [6.07, 6.45) is -2.25. The van der Waals surface area contributed by atoms with Crippen LogP contribution < -0.4 is 10.6 Å². The molecule has 15 heteroatoms. The van der Waals surface area contributed by atoms with Gasteiger partial charge in [-0.25, -0.2) is 17.6 Å². The number of aliphatic hydroxyl groups is 1. The molecule has 0 fully saturated rings. The summed E-state index contributed by atoms with van der Waals surface area (Å²) >= 11 is 0. The van der Waals surface area contributed by atoms with Crippen molar-refractivity contribution in [1.82, 2.24) is 14.5 Å². The van der Waals surface area contributed by atoms with Gasteiger partial charge in [-0.1, -0.05) is 94.4 Å². The van der Waals surface area contributed by atoms with E-state index >= 15 is 4.39 Å². The topological polar surface area (TPSA) is 186 Å². The monoisotopic (exact) mass is 741 g/mol. The van der Waals surface area contributed by atoms with E-state index < -0.39 is 58.0 Å². The summed E-state index contributed by atoms with van der Waals surface area (Å²) in [4.78, 5) is 48.5. The number of nitroso groups, excluding NO2 is 1. The molecule has 3 aromatic carbocycles.